The Bertz CT molecular complexity index is 1050. The smallest absolute Gasteiger partial charge is 0.353 e. The number of nitrogens with one attached hydrogen (secondary N) is 1. The average Bonchev–Trinajstić information content (AvgIpc) is 3.12. The summed E-state index contributed by atoms with van der Waals surface area (Å²) < 4.78 is 40.1. The Balaban J connectivity index is 1.31. The molecule has 7 heteroatoms. The van der Waals surface area contributed by atoms with Gasteiger partial charge in [-0.05, 0) is 79.4 Å². The van der Waals surface area contributed by atoms with E-state index in [1.165, 1.54) is 12.1 Å². The Morgan fingerprint density at radius 3 is 2.57 bits per heavy atom. The summed E-state index contributed by atoms with van der Waals surface area (Å²) in [6, 6.07) is 5.56. The van der Waals surface area contributed by atoms with Crippen LogP contribution in [-0.2, 0) is 22.2 Å². The van der Waals surface area contributed by atoms with Crippen LogP contribution in [0.1, 0.15) is 63.5 Å². The van der Waals surface area contributed by atoms with Gasteiger partial charge in [0.2, 0.25) is 11.8 Å². The van der Waals surface area contributed by atoms with E-state index in [0.29, 0.717) is 17.8 Å². The van der Waals surface area contributed by atoms with Gasteiger partial charge in [0.05, 0.1) is 12.0 Å². The molecule has 5 rings (SSSR count). The maximum Gasteiger partial charge on any atom is 0.416 e. The van der Waals surface area contributed by atoms with Crippen molar-refractivity contribution in [2.75, 3.05) is 7.05 Å². The quantitative estimate of drug-likeness (QED) is 0.622. The highest BCUT2D eigenvalue weighted by molar-refractivity contribution is 5.89. The molecular formula is C28H35F3N2O2. The van der Waals surface area contributed by atoms with Gasteiger partial charge in [0.25, 0.3) is 0 Å². The molecule has 4 aliphatic rings. The van der Waals surface area contributed by atoms with Crippen LogP contribution in [0.3, 0.4) is 0 Å². The summed E-state index contributed by atoms with van der Waals surface area (Å²) in [5, 5.41) is 3.15. The van der Waals surface area contributed by atoms with Crippen LogP contribution in [0.25, 0.3) is 0 Å². The number of alkyl halides is 3. The molecule has 1 heterocycles. The monoisotopic (exact) mass is 488 g/mol. The molecule has 1 aromatic rings. The van der Waals surface area contributed by atoms with Crippen LogP contribution in [0.4, 0.5) is 13.2 Å². The summed E-state index contributed by atoms with van der Waals surface area (Å²) >= 11 is 0. The number of amides is 2. The van der Waals surface area contributed by atoms with E-state index < -0.39 is 11.7 Å². The van der Waals surface area contributed by atoms with Gasteiger partial charge in [-0.1, -0.05) is 38.1 Å². The first-order valence-electron chi connectivity index (χ1n) is 12.9. The Labute approximate surface area is 205 Å². The van der Waals surface area contributed by atoms with Crippen LogP contribution in [0.2, 0.25) is 0 Å². The highest BCUT2D eigenvalue weighted by Gasteiger charge is 2.60. The lowest BCUT2D eigenvalue weighted by molar-refractivity contribution is -0.138. The molecule has 0 radical (unpaired) electrons. The molecule has 2 unspecified atom stereocenters. The maximum absolute atomic E-state index is 13.4. The number of likely N-dealkylation sites (N-methyl/N-ethyl adjacent to an activating group) is 1. The molecule has 35 heavy (non-hydrogen) atoms. The molecule has 0 saturated heterocycles. The molecule has 190 valence electrons. The maximum atomic E-state index is 13.4. The Morgan fingerprint density at radius 1 is 1.09 bits per heavy atom. The van der Waals surface area contributed by atoms with Crippen molar-refractivity contribution in [1.82, 2.24) is 10.2 Å². The van der Waals surface area contributed by atoms with Crippen LogP contribution >= 0.6 is 0 Å². The normalized spacial score (nSPS) is 38.5. The summed E-state index contributed by atoms with van der Waals surface area (Å²) in [7, 11) is 1.92. The zero-order valence-corrected chi connectivity index (χ0v) is 20.7. The highest BCUT2D eigenvalue weighted by atomic mass is 19.4. The van der Waals surface area contributed by atoms with E-state index >= 15 is 0 Å². The van der Waals surface area contributed by atoms with Crippen molar-refractivity contribution < 1.29 is 22.8 Å². The zero-order valence-electron chi connectivity index (χ0n) is 20.7. The van der Waals surface area contributed by atoms with Crippen molar-refractivity contribution in [3.8, 4) is 0 Å². The van der Waals surface area contributed by atoms with Crippen LogP contribution in [0.15, 0.2) is 36.4 Å². The summed E-state index contributed by atoms with van der Waals surface area (Å²) in [6.45, 7) is 4.58. The minimum Gasteiger partial charge on any atom is -0.353 e. The molecule has 0 aromatic heterocycles. The lowest BCUT2D eigenvalue weighted by atomic mass is 9.48. The van der Waals surface area contributed by atoms with Gasteiger partial charge in [-0.3, -0.25) is 9.59 Å². The van der Waals surface area contributed by atoms with Gasteiger partial charge in [-0.25, -0.2) is 0 Å². The van der Waals surface area contributed by atoms with Gasteiger partial charge in [0, 0.05) is 24.5 Å². The number of fused-ring (bicyclic) bond motifs is 5. The van der Waals surface area contributed by atoms with E-state index in [9.17, 15) is 22.8 Å². The fourth-order valence-corrected chi connectivity index (χ4v) is 8.34. The molecule has 1 aromatic carbocycles. The van der Waals surface area contributed by atoms with Crippen molar-refractivity contribution in [1.29, 1.82) is 0 Å². The molecule has 7 atom stereocenters. The van der Waals surface area contributed by atoms with Gasteiger partial charge < -0.3 is 10.2 Å². The first-order valence-corrected chi connectivity index (χ1v) is 12.9. The molecule has 1 N–H and O–H groups in total. The van der Waals surface area contributed by atoms with Gasteiger partial charge >= 0.3 is 6.18 Å². The van der Waals surface area contributed by atoms with Crippen LogP contribution in [-0.4, -0.2) is 35.8 Å². The number of hydrogen-bond donors (Lipinski definition) is 1. The van der Waals surface area contributed by atoms with Crippen molar-refractivity contribution in [3.63, 3.8) is 0 Å². The van der Waals surface area contributed by atoms with E-state index in [4.69, 9.17) is 0 Å². The van der Waals surface area contributed by atoms with Crippen LogP contribution in [0, 0.1) is 28.6 Å². The summed E-state index contributed by atoms with van der Waals surface area (Å²) in [6.07, 6.45) is 5.15. The largest absolute Gasteiger partial charge is 0.416 e. The Kier molecular flexibility index (Phi) is 5.84. The third-order valence-electron chi connectivity index (χ3n) is 10.1. The van der Waals surface area contributed by atoms with Gasteiger partial charge in [0.15, 0.2) is 0 Å². The number of hydrogen-bond acceptors (Lipinski definition) is 2. The zero-order chi connectivity index (χ0) is 25.2. The van der Waals surface area contributed by atoms with Gasteiger partial charge in [-0.15, -0.1) is 0 Å². The fraction of sp³-hybridized carbons (Fsp3) is 0.643. The van der Waals surface area contributed by atoms with Crippen molar-refractivity contribution in [2.24, 2.45) is 28.6 Å². The second-order valence-electron chi connectivity index (χ2n) is 11.7. The summed E-state index contributed by atoms with van der Waals surface area (Å²) in [4.78, 5) is 27.1. The van der Waals surface area contributed by atoms with Gasteiger partial charge in [-0.2, -0.15) is 13.2 Å². The van der Waals surface area contributed by atoms with Crippen LogP contribution < -0.4 is 5.32 Å². The standard InChI is InChI=1S/C28H35F3N2O2/c1-26-14-12-21-18(8-11-23-27(21,2)15-13-25(35)33(23)3)20(26)9-10-22(26)32-24(34)16-17-6-4-5-7-19(17)28(29,30)31/h4-7,13,15,18,20-23H,8-12,14,16H2,1-3H3,(H,32,34)/t18-,20-,21+,22?,23?,26-,27+/m0/s1. The molecule has 3 fully saturated rings. The lowest BCUT2D eigenvalue weighted by Gasteiger charge is -2.60. The van der Waals surface area contributed by atoms with E-state index in [1.807, 2.05) is 11.9 Å². The van der Waals surface area contributed by atoms with E-state index in [-0.39, 0.29) is 46.7 Å². The Morgan fingerprint density at radius 2 is 1.83 bits per heavy atom. The van der Waals surface area contributed by atoms with Crippen molar-refractivity contribution in [2.45, 2.75) is 77.1 Å². The molecule has 3 aliphatic carbocycles. The third-order valence-corrected chi connectivity index (χ3v) is 10.1. The molecular weight excluding hydrogens is 453 g/mol. The molecule has 3 saturated carbocycles. The second kappa shape index (κ2) is 8.38. The second-order valence-corrected chi connectivity index (χ2v) is 11.7. The number of rotatable bonds is 3. The lowest BCUT2D eigenvalue weighted by Crippen LogP contribution is -2.60. The average molecular weight is 489 g/mol. The highest BCUT2D eigenvalue weighted by Crippen LogP contribution is 2.63. The summed E-state index contributed by atoms with van der Waals surface area (Å²) in [5.41, 5.74) is -0.797. The molecule has 1 aliphatic heterocycles. The number of carbonyl (C=O) groups is 2. The minimum atomic E-state index is -4.47. The van der Waals surface area contributed by atoms with E-state index in [1.54, 1.807) is 12.1 Å². The van der Waals surface area contributed by atoms with Crippen molar-refractivity contribution >= 4 is 11.8 Å². The number of nitrogens with zero attached hydrogens (tertiary/aromatic N) is 1. The third kappa shape index (κ3) is 3.89. The minimum absolute atomic E-state index is 0.0179. The molecule has 2 amide bonds. The predicted octanol–water partition coefficient (Wildman–Crippen LogP) is 5.37. The van der Waals surface area contributed by atoms with E-state index in [2.05, 4.69) is 25.2 Å². The number of halogens is 3. The predicted molar refractivity (Wildman–Crippen MR) is 127 cm³/mol. The first kappa shape index (κ1) is 24.4. The van der Waals surface area contributed by atoms with E-state index in [0.717, 1.165) is 44.6 Å². The van der Waals surface area contributed by atoms with Gasteiger partial charge in [0.1, 0.15) is 0 Å². The van der Waals surface area contributed by atoms with Crippen LogP contribution in [0.5, 0.6) is 0 Å². The first-order chi connectivity index (χ1) is 16.4. The molecule has 0 spiro atoms. The fourth-order valence-electron chi connectivity index (χ4n) is 8.34. The Hall–Kier alpha value is -2.31. The van der Waals surface area contributed by atoms with Crippen molar-refractivity contribution in [3.05, 3.63) is 47.5 Å². The summed E-state index contributed by atoms with van der Waals surface area (Å²) in [5.74, 6) is 1.26. The topological polar surface area (TPSA) is 49.4 Å². The molecule has 0 bridgehead atoms. The SMILES string of the molecule is CN1C(=O)C=C[C@@]2(C)C1CC[C@@H]1[C@H]2CC[C@]2(C)C(NC(=O)Cc3ccccc3C(F)(F)F)CC[C@@H]12. The number of carbonyl (C=O) groups excluding carboxylic acids is 2. The molecule has 4 nitrogen and oxygen atoms in total. The number of benzene rings is 1.